The average molecular weight is 285 g/mol. The standard InChI is InChI=1S/C16H19N3O2/c1-11-4-6-19(7-5-11)16-12-8-14(20-2)15(21-3)9-13(12)17-10-18-16/h8-10H,1,4-7H2,2-3H3. The maximum absolute atomic E-state index is 5.39. The Labute approximate surface area is 124 Å². The lowest BCUT2D eigenvalue weighted by Crippen LogP contribution is -2.31. The van der Waals surface area contributed by atoms with Gasteiger partial charge in [-0.2, -0.15) is 0 Å². The molecule has 2 heterocycles. The van der Waals surface area contributed by atoms with E-state index in [2.05, 4.69) is 21.4 Å². The van der Waals surface area contributed by atoms with Gasteiger partial charge in [-0.3, -0.25) is 0 Å². The van der Waals surface area contributed by atoms with E-state index in [-0.39, 0.29) is 0 Å². The predicted octanol–water partition coefficient (Wildman–Crippen LogP) is 2.80. The van der Waals surface area contributed by atoms with Gasteiger partial charge in [0.2, 0.25) is 0 Å². The third-order valence-electron chi connectivity index (χ3n) is 3.89. The molecule has 3 rings (SSSR count). The summed E-state index contributed by atoms with van der Waals surface area (Å²) in [6, 6.07) is 3.84. The van der Waals surface area contributed by atoms with Crippen LogP contribution in [0.1, 0.15) is 12.8 Å². The fraction of sp³-hybridized carbons (Fsp3) is 0.375. The van der Waals surface area contributed by atoms with E-state index in [4.69, 9.17) is 9.47 Å². The van der Waals surface area contributed by atoms with Crippen LogP contribution in [0.2, 0.25) is 0 Å². The van der Waals surface area contributed by atoms with Gasteiger partial charge in [0.1, 0.15) is 12.1 Å². The summed E-state index contributed by atoms with van der Waals surface area (Å²) in [5.74, 6) is 2.33. The van der Waals surface area contributed by atoms with Crippen molar-refractivity contribution in [2.75, 3.05) is 32.2 Å². The smallest absolute Gasteiger partial charge is 0.162 e. The fourth-order valence-electron chi connectivity index (χ4n) is 2.66. The van der Waals surface area contributed by atoms with Gasteiger partial charge in [0.25, 0.3) is 0 Å². The molecule has 21 heavy (non-hydrogen) atoms. The third kappa shape index (κ3) is 2.51. The molecule has 2 aromatic rings. The quantitative estimate of drug-likeness (QED) is 0.812. The summed E-state index contributed by atoms with van der Waals surface area (Å²) in [4.78, 5) is 11.1. The van der Waals surface area contributed by atoms with Crippen molar-refractivity contribution in [1.29, 1.82) is 0 Å². The predicted molar refractivity (Wildman–Crippen MR) is 83.2 cm³/mol. The second kappa shape index (κ2) is 5.60. The topological polar surface area (TPSA) is 47.5 Å². The first kappa shape index (κ1) is 13.7. The summed E-state index contributed by atoms with van der Waals surface area (Å²) in [5, 5.41) is 0.989. The Bertz CT molecular complexity index is 675. The molecule has 1 aliphatic rings. The zero-order valence-electron chi connectivity index (χ0n) is 12.4. The van der Waals surface area contributed by atoms with Crippen molar-refractivity contribution >= 4 is 16.7 Å². The molecule has 1 fully saturated rings. The molecular weight excluding hydrogens is 266 g/mol. The lowest BCUT2D eigenvalue weighted by molar-refractivity contribution is 0.356. The summed E-state index contributed by atoms with van der Waals surface area (Å²) in [7, 11) is 3.26. The number of aromatic nitrogens is 2. The maximum Gasteiger partial charge on any atom is 0.162 e. The summed E-state index contributed by atoms with van der Waals surface area (Å²) in [6.07, 6.45) is 3.63. The fourth-order valence-corrected chi connectivity index (χ4v) is 2.66. The third-order valence-corrected chi connectivity index (χ3v) is 3.89. The highest BCUT2D eigenvalue weighted by Gasteiger charge is 2.18. The molecule has 0 aliphatic carbocycles. The highest BCUT2D eigenvalue weighted by Crippen LogP contribution is 2.35. The first-order valence-electron chi connectivity index (χ1n) is 7.01. The van der Waals surface area contributed by atoms with Gasteiger partial charge in [-0.1, -0.05) is 12.2 Å². The van der Waals surface area contributed by atoms with Crippen LogP contribution >= 0.6 is 0 Å². The van der Waals surface area contributed by atoms with Crippen LogP contribution in [-0.4, -0.2) is 37.3 Å². The van der Waals surface area contributed by atoms with E-state index in [1.807, 2.05) is 12.1 Å². The van der Waals surface area contributed by atoms with E-state index in [1.54, 1.807) is 20.5 Å². The normalized spacial score (nSPS) is 15.3. The van der Waals surface area contributed by atoms with Crippen LogP contribution < -0.4 is 14.4 Å². The van der Waals surface area contributed by atoms with E-state index < -0.39 is 0 Å². The lowest BCUT2D eigenvalue weighted by Gasteiger charge is -2.29. The summed E-state index contributed by atoms with van der Waals surface area (Å²) < 4.78 is 10.7. The minimum atomic E-state index is 0.682. The Morgan fingerprint density at radius 3 is 2.38 bits per heavy atom. The second-order valence-corrected chi connectivity index (χ2v) is 5.16. The molecule has 5 nitrogen and oxygen atoms in total. The first-order valence-corrected chi connectivity index (χ1v) is 7.01. The molecule has 1 aromatic carbocycles. The van der Waals surface area contributed by atoms with E-state index >= 15 is 0 Å². The van der Waals surface area contributed by atoms with Gasteiger partial charge < -0.3 is 14.4 Å². The van der Waals surface area contributed by atoms with Gasteiger partial charge in [-0.15, -0.1) is 0 Å². The van der Waals surface area contributed by atoms with Crippen molar-refractivity contribution < 1.29 is 9.47 Å². The zero-order chi connectivity index (χ0) is 14.8. The summed E-state index contributed by atoms with van der Waals surface area (Å²) in [5.41, 5.74) is 2.17. The maximum atomic E-state index is 5.39. The van der Waals surface area contributed by atoms with E-state index in [0.29, 0.717) is 11.5 Å². The van der Waals surface area contributed by atoms with Crippen molar-refractivity contribution in [2.45, 2.75) is 12.8 Å². The van der Waals surface area contributed by atoms with Gasteiger partial charge in [-0.25, -0.2) is 9.97 Å². The monoisotopic (exact) mass is 285 g/mol. The number of hydrogen-bond donors (Lipinski definition) is 0. The minimum absolute atomic E-state index is 0.682. The Hall–Kier alpha value is -2.30. The van der Waals surface area contributed by atoms with Crippen LogP contribution in [0.15, 0.2) is 30.6 Å². The Morgan fingerprint density at radius 2 is 1.71 bits per heavy atom. The molecule has 0 radical (unpaired) electrons. The Morgan fingerprint density at radius 1 is 1.05 bits per heavy atom. The van der Waals surface area contributed by atoms with Crippen molar-refractivity contribution in [3.63, 3.8) is 0 Å². The molecular formula is C16H19N3O2. The van der Waals surface area contributed by atoms with Crippen molar-refractivity contribution in [2.24, 2.45) is 0 Å². The summed E-state index contributed by atoms with van der Waals surface area (Å²) in [6.45, 7) is 5.95. The van der Waals surface area contributed by atoms with Crippen LogP contribution in [0.4, 0.5) is 5.82 Å². The van der Waals surface area contributed by atoms with Gasteiger partial charge >= 0.3 is 0 Å². The largest absolute Gasteiger partial charge is 0.493 e. The lowest BCUT2D eigenvalue weighted by atomic mass is 10.1. The number of piperidine rings is 1. The molecule has 0 unspecified atom stereocenters. The number of rotatable bonds is 3. The van der Waals surface area contributed by atoms with Gasteiger partial charge in [0, 0.05) is 24.5 Å². The van der Waals surface area contributed by atoms with Crippen molar-refractivity contribution in [3.8, 4) is 11.5 Å². The molecule has 1 aromatic heterocycles. The molecule has 110 valence electrons. The highest BCUT2D eigenvalue weighted by molar-refractivity contribution is 5.92. The molecule has 0 N–H and O–H groups in total. The molecule has 1 saturated heterocycles. The van der Waals surface area contributed by atoms with Gasteiger partial charge in [0.15, 0.2) is 11.5 Å². The molecule has 0 bridgehead atoms. The highest BCUT2D eigenvalue weighted by atomic mass is 16.5. The number of nitrogens with zero attached hydrogens (tertiary/aromatic N) is 3. The number of methoxy groups -OCH3 is 2. The van der Waals surface area contributed by atoms with E-state index in [9.17, 15) is 0 Å². The number of anilines is 1. The van der Waals surface area contributed by atoms with Crippen LogP contribution in [0.5, 0.6) is 11.5 Å². The van der Waals surface area contributed by atoms with Crippen LogP contribution in [0.25, 0.3) is 10.9 Å². The van der Waals surface area contributed by atoms with Gasteiger partial charge in [-0.05, 0) is 18.9 Å². The molecule has 0 spiro atoms. The SMILES string of the molecule is C=C1CCN(c2ncnc3cc(OC)c(OC)cc23)CC1. The van der Waals surface area contributed by atoms with Crippen molar-refractivity contribution in [3.05, 3.63) is 30.6 Å². The molecule has 0 atom stereocenters. The second-order valence-electron chi connectivity index (χ2n) is 5.16. The number of fused-ring (bicyclic) bond motifs is 1. The summed E-state index contributed by atoms with van der Waals surface area (Å²) >= 11 is 0. The molecule has 5 heteroatoms. The Balaban J connectivity index is 2.08. The van der Waals surface area contributed by atoms with Crippen molar-refractivity contribution in [1.82, 2.24) is 9.97 Å². The number of hydrogen-bond acceptors (Lipinski definition) is 5. The van der Waals surface area contributed by atoms with E-state index in [0.717, 1.165) is 42.7 Å². The molecule has 1 aliphatic heterocycles. The van der Waals surface area contributed by atoms with Gasteiger partial charge in [0.05, 0.1) is 19.7 Å². The molecule has 0 saturated carbocycles. The van der Waals surface area contributed by atoms with Crippen LogP contribution in [0, 0.1) is 0 Å². The Kier molecular flexibility index (Phi) is 3.64. The minimum Gasteiger partial charge on any atom is -0.493 e. The number of benzene rings is 1. The zero-order valence-corrected chi connectivity index (χ0v) is 12.4. The molecule has 0 amide bonds. The van der Waals surface area contributed by atoms with Crippen LogP contribution in [0.3, 0.4) is 0 Å². The first-order chi connectivity index (χ1) is 10.2. The van der Waals surface area contributed by atoms with Crippen LogP contribution in [-0.2, 0) is 0 Å². The average Bonchev–Trinajstić information content (AvgIpc) is 2.53. The number of ether oxygens (including phenoxy) is 2. The van der Waals surface area contributed by atoms with E-state index in [1.165, 1.54) is 5.57 Å².